The predicted octanol–water partition coefficient (Wildman–Crippen LogP) is 0.911. The van der Waals surface area contributed by atoms with Crippen LogP contribution in [0.3, 0.4) is 0 Å². The molecule has 1 saturated heterocycles. The van der Waals surface area contributed by atoms with E-state index in [0.29, 0.717) is 12.2 Å². The molecule has 2 aliphatic rings. The summed E-state index contributed by atoms with van der Waals surface area (Å²) in [6.07, 6.45) is 1.76. The van der Waals surface area contributed by atoms with E-state index in [9.17, 15) is 8.42 Å². The monoisotopic (exact) mass is 267 g/mol. The van der Waals surface area contributed by atoms with Crippen LogP contribution in [-0.4, -0.2) is 31.9 Å². The maximum atomic E-state index is 12.2. The van der Waals surface area contributed by atoms with Gasteiger partial charge < -0.3 is 5.32 Å². The van der Waals surface area contributed by atoms with Gasteiger partial charge in [-0.15, -0.1) is 0 Å². The Labute approximate surface area is 107 Å². The number of rotatable bonds is 1. The molecule has 0 unspecified atom stereocenters. The van der Waals surface area contributed by atoms with Gasteiger partial charge in [0.15, 0.2) is 0 Å². The van der Waals surface area contributed by atoms with Crippen LogP contribution in [0, 0.1) is 0 Å². The van der Waals surface area contributed by atoms with Crippen LogP contribution in [0.4, 0.5) is 5.69 Å². The number of para-hydroxylation sites is 1. The number of anilines is 1. The molecule has 98 valence electrons. The lowest BCUT2D eigenvalue weighted by atomic mass is 10.1. The number of nitrogens with one attached hydrogen (secondary N) is 2. The second-order valence-electron chi connectivity index (χ2n) is 4.79. The molecule has 0 bridgehead atoms. The highest BCUT2D eigenvalue weighted by atomic mass is 32.2. The molecule has 0 amide bonds. The SMILES string of the molecule is O=S1(=O)Nc2ccccc2CN1C1CCNCC1. The van der Waals surface area contributed by atoms with Crippen molar-refractivity contribution in [3.63, 3.8) is 0 Å². The Hall–Kier alpha value is -1.11. The molecular weight excluding hydrogens is 250 g/mol. The first-order chi connectivity index (χ1) is 8.67. The third-order valence-electron chi connectivity index (χ3n) is 3.61. The number of fused-ring (bicyclic) bond motifs is 1. The second kappa shape index (κ2) is 4.53. The fraction of sp³-hybridized carbons (Fsp3) is 0.500. The van der Waals surface area contributed by atoms with Crippen LogP contribution < -0.4 is 10.0 Å². The molecule has 1 fully saturated rings. The first-order valence-corrected chi connectivity index (χ1v) is 7.69. The van der Waals surface area contributed by atoms with Crippen LogP contribution in [0.15, 0.2) is 24.3 Å². The fourth-order valence-electron chi connectivity index (χ4n) is 2.63. The number of hydrogen-bond acceptors (Lipinski definition) is 3. The Balaban J connectivity index is 1.91. The summed E-state index contributed by atoms with van der Waals surface area (Å²) in [5, 5.41) is 3.26. The Kier molecular flexibility index (Phi) is 3.01. The normalized spacial score (nSPS) is 24.2. The molecule has 0 spiro atoms. The van der Waals surface area contributed by atoms with Crippen LogP contribution in [0.2, 0.25) is 0 Å². The summed E-state index contributed by atoms with van der Waals surface area (Å²) in [6.45, 7) is 2.26. The lowest BCUT2D eigenvalue weighted by Gasteiger charge is -2.37. The third kappa shape index (κ3) is 2.11. The molecular formula is C12H17N3O2S. The standard InChI is InChI=1S/C12H17N3O2S/c16-18(17)14-12-4-2-1-3-10(12)9-15(18)11-5-7-13-8-6-11/h1-4,11,13-14H,5-9H2. The average molecular weight is 267 g/mol. The molecule has 1 aromatic carbocycles. The molecule has 2 heterocycles. The first kappa shape index (κ1) is 12.0. The molecule has 2 aliphatic heterocycles. The summed E-state index contributed by atoms with van der Waals surface area (Å²) in [7, 11) is -3.38. The largest absolute Gasteiger partial charge is 0.317 e. The van der Waals surface area contributed by atoms with Crippen molar-refractivity contribution in [3.05, 3.63) is 29.8 Å². The van der Waals surface area contributed by atoms with E-state index in [1.165, 1.54) is 0 Å². The van der Waals surface area contributed by atoms with E-state index in [0.717, 1.165) is 31.5 Å². The lowest BCUT2D eigenvalue weighted by Crippen LogP contribution is -2.49. The highest BCUT2D eigenvalue weighted by molar-refractivity contribution is 7.90. The van der Waals surface area contributed by atoms with E-state index in [-0.39, 0.29) is 6.04 Å². The number of benzene rings is 1. The topological polar surface area (TPSA) is 61.4 Å². The smallest absolute Gasteiger partial charge is 0.302 e. The van der Waals surface area contributed by atoms with E-state index in [1.54, 1.807) is 4.31 Å². The van der Waals surface area contributed by atoms with Crippen molar-refractivity contribution >= 4 is 15.9 Å². The number of nitrogens with zero attached hydrogens (tertiary/aromatic N) is 1. The molecule has 0 aliphatic carbocycles. The minimum absolute atomic E-state index is 0.108. The highest BCUT2D eigenvalue weighted by Gasteiger charge is 2.34. The zero-order valence-electron chi connectivity index (χ0n) is 10.1. The van der Waals surface area contributed by atoms with Gasteiger partial charge in [0, 0.05) is 12.6 Å². The van der Waals surface area contributed by atoms with Crippen molar-refractivity contribution in [1.29, 1.82) is 0 Å². The van der Waals surface area contributed by atoms with E-state index >= 15 is 0 Å². The van der Waals surface area contributed by atoms with Crippen LogP contribution >= 0.6 is 0 Å². The number of hydrogen-bond donors (Lipinski definition) is 2. The second-order valence-corrected chi connectivity index (χ2v) is 6.41. The Morgan fingerprint density at radius 3 is 2.67 bits per heavy atom. The summed E-state index contributed by atoms with van der Waals surface area (Å²) in [4.78, 5) is 0. The molecule has 3 rings (SSSR count). The lowest BCUT2D eigenvalue weighted by molar-refractivity contribution is 0.256. The maximum absolute atomic E-state index is 12.2. The van der Waals surface area contributed by atoms with E-state index in [4.69, 9.17) is 0 Å². The number of piperidine rings is 1. The molecule has 0 atom stereocenters. The Bertz CT molecular complexity index is 538. The summed E-state index contributed by atoms with van der Waals surface area (Å²) >= 11 is 0. The van der Waals surface area contributed by atoms with Gasteiger partial charge in [0.2, 0.25) is 0 Å². The van der Waals surface area contributed by atoms with Gasteiger partial charge in [-0.2, -0.15) is 12.7 Å². The van der Waals surface area contributed by atoms with Crippen molar-refractivity contribution < 1.29 is 8.42 Å². The van der Waals surface area contributed by atoms with E-state index in [2.05, 4.69) is 10.0 Å². The van der Waals surface area contributed by atoms with Crippen molar-refractivity contribution in [2.45, 2.75) is 25.4 Å². The van der Waals surface area contributed by atoms with Gasteiger partial charge in [-0.25, -0.2) is 0 Å². The molecule has 0 radical (unpaired) electrons. The van der Waals surface area contributed by atoms with Crippen molar-refractivity contribution in [2.24, 2.45) is 0 Å². The van der Waals surface area contributed by atoms with Crippen molar-refractivity contribution in [1.82, 2.24) is 9.62 Å². The molecule has 5 nitrogen and oxygen atoms in total. The van der Waals surface area contributed by atoms with Gasteiger partial charge in [0.05, 0.1) is 5.69 Å². The van der Waals surface area contributed by atoms with E-state index in [1.807, 2.05) is 24.3 Å². The van der Waals surface area contributed by atoms with Gasteiger partial charge >= 0.3 is 10.2 Å². The summed E-state index contributed by atoms with van der Waals surface area (Å²) < 4.78 is 28.7. The van der Waals surface area contributed by atoms with Crippen LogP contribution in [0.1, 0.15) is 18.4 Å². The first-order valence-electron chi connectivity index (χ1n) is 6.25. The zero-order chi connectivity index (χ0) is 12.6. The van der Waals surface area contributed by atoms with Gasteiger partial charge in [-0.05, 0) is 37.6 Å². The van der Waals surface area contributed by atoms with E-state index < -0.39 is 10.2 Å². The van der Waals surface area contributed by atoms with Crippen LogP contribution in [-0.2, 0) is 16.8 Å². The molecule has 0 aromatic heterocycles. The quantitative estimate of drug-likeness (QED) is 0.795. The predicted molar refractivity (Wildman–Crippen MR) is 70.4 cm³/mol. The molecule has 0 saturated carbocycles. The fourth-order valence-corrected chi connectivity index (χ4v) is 4.13. The third-order valence-corrected chi connectivity index (χ3v) is 5.13. The summed E-state index contributed by atoms with van der Waals surface area (Å²) in [5.41, 5.74) is 1.76. The van der Waals surface area contributed by atoms with Gasteiger partial charge in [0.25, 0.3) is 0 Å². The van der Waals surface area contributed by atoms with Gasteiger partial charge in [0.1, 0.15) is 0 Å². The minimum Gasteiger partial charge on any atom is -0.317 e. The summed E-state index contributed by atoms with van der Waals surface area (Å²) in [6, 6.07) is 7.69. The zero-order valence-corrected chi connectivity index (χ0v) is 10.9. The van der Waals surface area contributed by atoms with Crippen molar-refractivity contribution in [2.75, 3.05) is 17.8 Å². The molecule has 6 heteroatoms. The molecule has 2 N–H and O–H groups in total. The van der Waals surface area contributed by atoms with Gasteiger partial charge in [-0.3, -0.25) is 4.72 Å². The summed E-state index contributed by atoms with van der Waals surface area (Å²) in [5.74, 6) is 0. The van der Waals surface area contributed by atoms with Gasteiger partial charge in [-0.1, -0.05) is 18.2 Å². The Morgan fingerprint density at radius 2 is 1.89 bits per heavy atom. The minimum atomic E-state index is -3.38. The molecule has 18 heavy (non-hydrogen) atoms. The highest BCUT2D eigenvalue weighted by Crippen LogP contribution is 2.29. The maximum Gasteiger partial charge on any atom is 0.302 e. The van der Waals surface area contributed by atoms with Crippen LogP contribution in [0.25, 0.3) is 0 Å². The van der Waals surface area contributed by atoms with Crippen molar-refractivity contribution in [3.8, 4) is 0 Å². The average Bonchev–Trinajstić information content (AvgIpc) is 2.38. The Morgan fingerprint density at radius 1 is 1.17 bits per heavy atom. The van der Waals surface area contributed by atoms with Crippen LogP contribution in [0.5, 0.6) is 0 Å². The molecule has 1 aromatic rings.